The molecule has 0 heterocycles. The fraction of sp³-hybridized carbons (Fsp3) is 0.458. The van der Waals surface area contributed by atoms with Crippen LogP contribution in [-0.4, -0.2) is 12.6 Å². The molecule has 0 spiro atoms. The van der Waals surface area contributed by atoms with Crippen molar-refractivity contribution < 1.29 is 4.79 Å². The summed E-state index contributed by atoms with van der Waals surface area (Å²) in [5.74, 6) is 2.68. The molecule has 2 aromatic carbocycles. The highest BCUT2D eigenvalue weighted by atomic mass is 16.2. The van der Waals surface area contributed by atoms with Gasteiger partial charge in [-0.05, 0) is 98.1 Å². The van der Waals surface area contributed by atoms with Crippen molar-refractivity contribution >= 4 is 23.1 Å². The molecular weight excluding hydrogens is 346 g/mol. The maximum Gasteiger partial charge on any atom is 0.326 e. The second kappa shape index (κ2) is 6.84. The van der Waals surface area contributed by atoms with Gasteiger partial charge in [0.05, 0.1) is 11.4 Å². The molecule has 6 rings (SSSR count). The summed E-state index contributed by atoms with van der Waals surface area (Å²) < 4.78 is 0. The minimum Gasteiger partial charge on any atom is -0.399 e. The van der Waals surface area contributed by atoms with E-state index in [-0.39, 0.29) is 6.03 Å². The Kier molecular flexibility index (Phi) is 4.30. The van der Waals surface area contributed by atoms with Gasteiger partial charge in [-0.2, -0.15) is 0 Å². The lowest BCUT2D eigenvalue weighted by Crippen LogP contribution is -2.52. The number of hydrogen-bond donors (Lipinski definition) is 2. The molecule has 0 unspecified atom stereocenters. The van der Waals surface area contributed by atoms with Crippen LogP contribution < -0.4 is 16.0 Å². The first-order valence-corrected chi connectivity index (χ1v) is 10.6. The van der Waals surface area contributed by atoms with E-state index in [0.29, 0.717) is 11.1 Å². The summed E-state index contributed by atoms with van der Waals surface area (Å²) in [5, 5.41) is 3.31. The van der Waals surface area contributed by atoms with Crippen LogP contribution in [0.3, 0.4) is 0 Å². The van der Waals surface area contributed by atoms with Gasteiger partial charge in [0.25, 0.3) is 0 Å². The topological polar surface area (TPSA) is 58.4 Å². The summed E-state index contributed by atoms with van der Waals surface area (Å²) in [6.45, 7) is 0.799. The Bertz CT molecular complexity index is 811. The lowest BCUT2D eigenvalue weighted by atomic mass is 9.49. The molecule has 4 nitrogen and oxygen atoms in total. The molecule has 2 amide bonds. The molecule has 2 aromatic rings. The molecule has 4 heteroatoms. The molecule has 0 radical (unpaired) electrons. The minimum absolute atomic E-state index is 0.0493. The van der Waals surface area contributed by atoms with E-state index < -0.39 is 0 Å². The Morgan fingerprint density at radius 1 is 0.893 bits per heavy atom. The Balaban J connectivity index is 1.36. The summed E-state index contributed by atoms with van der Waals surface area (Å²) >= 11 is 0. The molecule has 146 valence electrons. The van der Waals surface area contributed by atoms with Crippen LogP contribution in [0.5, 0.6) is 0 Å². The van der Waals surface area contributed by atoms with Crippen LogP contribution in [0.25, 0.3) is 0 Å². The maximum absolute atomic E-state index is 13.3. The summed E-state index contributed by atoms with van der Waals surface area (Å²) in [6.07, 6.45) is 8.17. The smallest absolute Gasteiger partial charge is 0.326 e. The summed E-state index contributed by atoms with van der Waals surface area (Å²) in [5.41, 5.74) is 8.58. The zero-order valence-corrected chi connectivity index (χ0v) is 16.3. The number of benzene rings is 2. The van der Waals surface area contributed by atoms with Crippen molar-refractivity contribution in [2.75, 3.05) is 17.2 Å². The van der Waals surface area contributed by atoms with Crippen molar-refractivity contribution in [1.82, 2.24) is 5.32 Å². The molecule has 3 N–H and O–H groups in total. The van der Waals surface area contributed by atoms with E-state index >= 15 is 0 Å². The van der Waals surface area contributed by atoms with E-state index in [4.69, 9.17) is 5.73 Å². The number of hydrogen-bond acceptors (Lipinski definition) is 2. The van der Waals surface area contributed by atoms with Crippen LogP contribution in [0.1, 0.15) is 38.5 Å². The zero-order valence-electron chi connectivity index (χ0n) is 16.3. The fourth-order valence-corrected chi connectivity index (χ4v) is 6.43. The lowest BCUT2D eigenvalue weighted by molar-refractivity contribution is -0.0497. The monoisotopic (exact) mass is 375 g/mol. The summed E-state index contributed by atoms with van der Waals surface area (Å²) in [7, 11) is 0. The summed E-state index contributed by atoms with van der Waals surface area (Å²) in [6, 6.07) is 17.3. The molecule has 4 saturated carbocycles. The number of urea groups is 1. The van der Waals surface area contributed by atoms with Gasteiger partial charge in [0.2, 0.25) is 0 Å². The third kappa shape index (κ3) is 3.25. The predicted octanol–water partition coefficient (Wildman–Crippen LogP) is 5.33. The zero-order chi connectivity index (χ0) is 19.1. The molecule has 4 aliphatic rings. The SMILES string of the molecule is Nc1ccc(N(C(=O)NCC23CC4CC(CC(C4)C2)C3)c2ccccc2)cc1. The standard InChI is InChI=1S/C24H29N3O/c25-20-6-8-22(9-7-20)27(21-4-2-1-3-5-21)23(28)26-16-24-13-17-10-18(14-24)12-19(11-17)15-24/h1-9,17-19H,10-16,25H2,(H,26,28). The number of carbonyl (C=O) groups is 1. The van der Waals surface area contributed by atoms with Crippen molar-refractivity contribution in [1.29, 1.82) is 0 Å². The van der Waals surface area contributed by atoms with E-state index in [1.165, 1.54) is 38.5 Å². The number of para-hydroxylation sites is 1. The number of rotatable bonds is 4. The van der Waals surface area contributed by atoms with Gasteiger partial charge in [0.15, 0.2) is 0 Å². The van der Waals surface area contributed by atoms with Gasteiger partial charge in [-0.15, -0.1) is 0 Å². The molecule has 0 aliphatic heterocycles. The molecule has 28 heavy (non-hydrogen) atoms. The Labute approximate surface area is 167 Å². The van der Waals surface area contributed by atoms with Crippen LogP contribution in [-0.2, 0) is 0 Å². The first kappa shape index (κ1) is 17.6. The van der Waals surface area contributed by atoms with E-state index in [0.717, 1.165) is 35.7 Å². The minimum atomic E-state index is -0.0493. The highest BCUT2D eigenvalue weighted by molar-refractivity contribution is 5.99. The van der Waals surface area contributed by atoms with E-state index in [1.54, 1.807) is 4.90 Å². The van der Waals surface area contributed by atoms with Gasteiger partial charge in [0.1, 0.15) is 0 Å². The first-order chi connectivity index (χ1) is 13.6. The number of nitrogens with zero attached hydrogens (tertiary/aromatic N) is 1. The number of nitrogens with two attached hydrogens (primary N) is 1. The van der Waals surface area contributed by atoms with Crippen LogP contribution in [0.2, 0.25) is 0 Å². The Morgan fingerprint density at radius 2 is 1.43 bits per heavy atom. The van der Waals surface area contributed by atoms with E-state index in [2.05, 4.69) is 5.32 Å². The van der Waals surface area contributed by atoms with E-state index in [9.17, 15) is 4.79 Å². The molecular formula is C24H29N3O. The third-order valence-corrected chi connectivity index (χ3v) is 7.15. The molecule has 0 aromatic heterocycles. The third-order valence-electron chi connectivity index (χ3n) is 7.15. The highest BCUT2D eigenvalue weighted by Gasteiger charge is 2.50. The number of carbonyl (C=O) groups excluding carboxylic acids is 1. The van der Waals surface area contributed by atoms with Crippen LogP contribution in [0, 0.1) is 23.2 Å². The average Bonchev–Trinajstić information content (AvgIpc) is 2.68. The number of anilines is 3. The Hall–Kier alpha value is -2.49. The largest absolute Gasteiger partial charge is 0.399 e. The quantitative estimate of drug-likeness (QED) is 0.709. The fourth-order valence-electron chi connectivity index (χ4n) is 6.43. The van der Waals surface area contributed by atoms with Crippen molar-refractivity contribution in [3.8, 4) is 0 Å². The highest BCUT2D eigenvalue weighted by Crippen LogP contribution is 2.59. The van der Waals surface area contributed by atoms with Crippen LogP contribution in [0.4, 0.5) is 21.9 Å². The molecule has 4 bridgehead atoms. The average molecular weight is 376 g/mol. The van der Waals surface area contributed by atoms with Crippen molar-refractivity contribution in [3.05, 3.63) is 54.6 Å². The molecule has 0 saturated heterocycles. The second-order valence-corrected chi connectivity index (χ2v) is 9.34. The maximum atomic E-state index is 13.3. The van der Waals surface area contributed by atoms with Gasteiger partial charge in [-0.25, -0.2) is 4.79 Å². The molecule has 4 aliphatic carbocycles. The second-order valence-electron chi connectivity index (χ2n) is 9.34. The van der Waals surface area contributed by atoms with Gasteiger partial charge in [-0.1, -0.05) is 18.2 Å². The Morgan fingerprint density at radius 3 is 2.00 bits per heavy atom. The van der Waals surface area contributed by atoms with Gasteiger partial charge < -0.3 is 11.1 Å². The predicted molar refractivity (Wildman–Crippen MR) is 113 cm³/mol. The van der Waals surface area contributed by atoms with Gasteiger partial charge in [0, 0.05) is 12.2 Å². The summed E-state index contributed by atoms with van der Waals surface area (Å²) in [4.78, 5) is 15.1. The van der Waals surface area contributed by atoms with Crippen molar-refractivity contribution in [2.45, 2.75) is 38.5 Å². The van der Waals surface area contributed by atoms with Crippen LogP contribution in [0.15, 0.2) is 54.6 Å². The number of amides is 2. The lowest BCUT2D eigenvalue weighted by Gasteiger charge is -2.57. The molecule has 0 atom stereocenters. The van der Waals surface area contributed by atoms with E-state index in [1.807, 2.05) is 54.6 Å². The normalized spacial score (nSPS) is 30.2. The van der Waals surface area contributed by atoms with Crippen molar-refractivity contribution in [3.63, 3.8) is 0 Å². The van der Waals surface area contributed by atoms with Gasteiger partial charge >= 0.3 is 6.03 Å². The number of nitrogen functional groups attached to an aromatic ring is 1. The van der Waals surface area contributed by atoms with Gasteiger partial charge in [-0.3, -0.25) is 4.90 Å². The first-order valence-electron chi connectivity index (χ1n) is 10.6. The van der Waals surface area contributed by atoms with Crippen molar-refractivity contribution in [2.24, 2.45) is 23.2 Å². The van der Waals surface area contributed by atoms with Crippen LogP contribution >= 0.6 is 0 Å². The molecule has 4 fully saturated rings. The number of nitrogens with one attached hydrogen (secondary N) is 1.